The van der Waals surface area contributed by atoms with Crippen LogP contribution in [0, 0.1) is 11.3 Å². The van der Waals surface area contributed by atoms with Crippen molar-refractivity contribution in [1.29, 1.82) is 0 Å². The van der Waals surface area contributed by atoms with Crippen LogP contribution in [-0.4, -0.2) is 47.6 Å². The van der Waals surface area contributed by atoms with Gasteiger partial charge in [0, 0.05) is 44.0 Å². The number of hydrogen-bond acceptors (Lipinski definition) is 4. The highest BCUT2D eigenvalue weighted by molar-refractivity contribution is 5.30. The van der Waals surface area contributed by atoms with E-state index >= 15 is 0 Å². The van der Waals surface area contributed by atoms with E-state index in [-0.39, 0.29) is 0 Å². The van der Waals surface area contributed by atoms with Crippen molar-refractivity contribution >= 4 is 5.95 Å². The lowest BCUT2D eigenvalue weighted by atomic mass is 9.79. The number of aromatic nitrogens is 2. The fraction of sp³-hybridized carbons (Fsp3) is 0.750. The van der Waals surface area contributed by atoms with E-state index in [0.29, 0.717) is 5.41 Å². The summed E-state index contributed by atoms with van der Waals surface area (Å²) in [5, 5.41) is 0. The summed E-state index contributed by atoms with van der Waals surface area (Å²) in [6.45, 7) is 6.23. The van der Waals surface area contributed by atoms with E-state index in [1.54, 1.807) is 0 Å². The molecule has 1 aliphatic carbocycles. The molecule has 0 aromatic carbocycles. The molecule has 0 unspecified atom stereocenters. The van der Waals surface area contributed by atoms with Gasteiger partial charge in [0.25, 0.3) is 0 Å². The molecule has 20 heavy (non-hydrogen) atoms. The van der Waals surface area contributed by atoms with Crippen LogP contribution < -0.4 is 4.90 Å². The zero-order valence-electron chi connectivity index (χ0n) is 12.2. The van der Waals surface area contributed by atoms with Gasteiger partial charge in [0.15, 0.2) is 0 Å². The van der Waals surface area contributed by atoms with E-state index in [1.165, 1.54) is 51.7 Å². The van der Waals surface area contributed by atoms with E-state index in [0.717, 1.165) is 25.0 Å². The predicted molar refractivity (Wildman–Crippen MR) is 79.7 cm³/mol. The van der Waals surface area contributed by atoms with Crippen molar-refractivity contribution in [2.45, 2.75) is 32.1 Å². The molecule has 2 aliphatic heterocycles. The van der Waals surface area contributed by atoms with Gasteiger partial charge in [-0.15, -0.1) is 0 Å². The van der Waals surface area contributed by atoms with Crippen molar-refractivity contribution < 1.29 is 0 Å². The fourth-order valence-electron chi connectivity index (χ4n) is 4.02. The average molecular weight is 272 g/mol. The highest BCUT2D eigenvalue weighted by atomic mass is 15.3. The summed E-state index contributed by atoms with van der Waals surface area (Å²) in [6, 6.07) is 1.90. The Morgan fingerprint density at radius 2 is 1.95 bits per heavy atom. The van der Waals surface area contributed by atoms with Crippen molar-refractivity contribution in [2.24, 2.45) is 11.3 Å². The standard InChI is InChI=1S/C16H24N4/c1-5-16(6-10-19(12-16)11-14-3-4-14)13-20(9-1)15-17-7-2-8-18-15/h2,7-8,14H,1,3-6,9-13H2/t16-/m1/s1. The molecule has 3 heterocycles. The van der Waals surface area contributed by atoms with Gasteiger partial charge >= 0.3 is 0 Å². The average Bonchev–Trinajstić information content (AvgIpc) is 3.23. The van der Waals surface area contributed by atoms with Gasteiger partial charge in [0.2, 0.25) is 5.95 Å². The van der Waals surface area contributed by atoms with Crippen LogP contribution in [0.5, 0.6) is 0 Å². The minimum Gasteiger partial charge on any atom is -0.340 e. The lowest BCUT2D eigenvalue weighted by Crippen LogP contribution is -2.45. The van der Waals surface area contributed by atoms with Crippen molar-refractivity contribution in [3.63, 3.8) is 0 Å². The molecule has 108 valence electrons. The van der Waals surface area contributed by atoms with E-state index in [1.807, 2.05) is 18.5 Å². The molecule has 0 N–H and O–H groups in total. The maximum Gasteiger partial charge on any atom is 0.225 e. The second-order valence-corrected chi connectivity index (χ2v) is 7.00. The molecule has 1 spiro atoms. The SMILES string of the molecule is c1cnc(N2CCC[C@]3(CCN(CC4CC4)C3)C2)nc1. The third kappa shape index (κ3) is 2.53. The maximum absolute atomic E-state index is 4.44. The quantitative estimate of drug-likeness (QED) is 0.844. The van der Waals surface area contributed by atoms with Crippen LogP contribution in [-0.2, 0) is 0 Å². The summed E-state index contributed by atoms with van der Waals surface area (Å²) >= 11 is 0. The summed E-state index contributed by atoms with van der Waals surface area (Å²) in [5.74, 6) is 1.94. The fourth-order valence-corrected chi connectivity index (χ4v) is 4.02. The van der Waals surface area contributed by atoms with E-state index in [2.05, 4.69) is 19.8 Å². The van der Waals surface area contributed by atoms with Gasteiger partial charge in [-0.3, -0.25) is 0 Å². The normalized spacial score (nSPS) is 31.1. The van der Waals surface area contributed by atoms with Crippen molar-refractivity contribution in [1.82, 2.24) is 14.9 Å². The predicted octanol–water partition coefficient (Wildman–Crippen LogP) is 2.18. The molecular formula is C16H24N4. The summed E-state index contributed by atoms with van der Waals surface area (Å²) in [4.78, 5) is 14.0. The smallest absolute Gasteiger partial charge is 0.225 e. The Kier molecular flexibility index (Phi) is 3.14. The van der Waals surface area contributed by atoms with Crippen molar-refractivity contribution in [2.75, 3.05) is 37.6 Å². The Morgan fingerprint density at radius 3 is 2.75 bits per heavy atom. The molecule has 1 saturated carbocycles. The van der Waals surface area contributed by atoms with Crippen LogP contribution in [0.15, 0.2) is 18.5 Å². The molecule has 1 aromatic rings. The molecule has 0 radical (unpaired) electrons. The summed E-state index contributed by atoms with van der Waals surface area (Å²) in [5.41, 5.74) is 0.506. The number of anilines is 1. The van der Waals surface area contributed by atoms with E-state index < -0.39 is 0 Å². The van der Waals surface area contributed by atoms with Gasteiger partial charge in [-0.25, -0.2) is 9.97 Å². The minimum absolute atomic E-state index is 0.506. The number of rotatable bonds is 3. The molecule has 4 nitrogen and oxygen atoms in total. The lowest BCUT2D eigenvalue weighted by molar-refractivity contribution is 0.215. The summed E-state index contributed by atoms with van der Waals surface area (Å²) in [6.07, 6.45) is 10.7. The third-order valence-corrected chi connectivity index (χ3v) is 5.23. The van der Waals surface area contributed by atoms with Gasteiger partial charge in [-0.05, 0) is 50.6 Å². The Morgan fingerprint density at radius 1 is 1.10 bits per heavy atom. The summed E-state index contributed by atoms with van der Waals surface area (Å²) in [7, 11) is 0. The second kappa shape index (κ2) is 4.99. The maximum atomic E-state index is 4.44. The largest absolute Gasteiger partial charge is 0.340 e. The molecule has 0 bridgehead atoms. The molecule has 4 rings (SSSR count). The lowest BCUT2D eigenvalue weighted by Gasteiger charge is -2.40. The number of likely N-dealkylation sites (tertiary alicyclic amines) is 1. The zero-order chi connectivity index (χ0) is 13.4. The monoisotopic (exact) mass is 272 g/mol. The van der Waals surface area contributed by atoms with E-state index in [4.69, 9.17) is 0 Å². The van der Waals surface area contributed by atoms with Crippen LogP contribution in [0.25, 0.3) is 0 Å². The van der Waals surface area contributed by atoms with Crippen LogP contribution in [0.3, 0.4) is 0 Å². The molecule has 2 saturated heterocycles. The van der Waals surface area contributed by atoms with Crippen LogP contribution in [0.1, 0.15) is 32.1 Å². The van der Waals surface area contributed by atoms with Crippen molar-refractivity contribution in [3.05, 3.63) is 18.5 Å². The third-order valence-electron chi connectivity index (χ3n) is 5.23. The number of hydrogen-bond donors (Lipinski definition) is 0. The molecule has 4 heteroatoms. The van der Waals surface area contributed by atoms with Crippen molar-refractivity contribution in [3.8, 4) is 0 Å². The minimum atomic E-state index is 0.506. The molecule has 1 aromatic heterocycles. The first kappa shape index (κ1) is 12.6. The van der Waals surface area contributed by atoms with Crippen LogP contribution in [0.4, 0.5) is 5.95 Å². The molecule has 3 fully saturated rings. The zero-order valence-corrected chi connectivity index (χ0v) is 12.2. The van der Waals surface area contributed by atoms with Crippen LogP contribution >= 0.6 is 0 Å². The Bertz CT molecular complexity index is 459. The molecule has 0 amide bonds. The molecular weight excluding hydrogens is 248 g/mol. The van der Waals surface area contributed by atoms with Gasteiger partial charge in [-0.1, -0.05) is 0 Å². The van der Waals surface area contributed by atoms with E-state index in [9.17, 15) is 0 Å². The second-order valence-electron chi connectivity index (χ2n) is 7.00. The first-order valence-corrected chi connectivity index (χ1v) is 8.07. The Labute approximate surface area is 121 Å². The Hall–Kier alpha value is -1.16. The Balaban J connectivity index is 1.43. The topological polar surface area (TPSA) is 32.3 Å². The van der Waals surface area contributed by atoms with Gasteiger partial charge in [0.1, 0.15) is 0 Å². The summed E-state index contributed by atoms with van der Waals surface area (Å²) < 4.78 is 0. The molecule has 1 atom stereocenters. The molecule has 3 aliphatic rings. The van der Waals surface area contributed by atoms with Gasteiger partial charge in [0.05, 0.1) is 0 Å². The first-order valence-electron chi connectivity index (χ1n) is 8.07. The van der Waals surface area contributed by atoms with Crippen LogP contribution in [0.2, 0.25) is 0 Å². The number of piperidine rings is 1. The highest BCUT2D eigenvalue weighted by Crippen LogP contribution is 2.41. The number of nitrogens with zero attached hydrogens (tertiary/aromatic N) is 4. The van der Waals surface area contributed by atoms with Gasteiger partial charge < -0.3 is 9.80 Å². The van der Waals surface area contributed by atoms with Gasteiger partial charge in [-0.2, -0.15) is 0 Å². The highest BCUT2D eigenvalue weighted by Gasteiger charge is 2.42. The first-order chi connectivity index (χ1) is 9.83.